The minimum atomic E-state index is 0.582. The monoisotopic (exact) mass is 255 g/mol. The zero-order valence-electron chi connectivity index (χ0n) is 10.5. The Bertz CT molecular complexity index is 694. The van der Waals surface area contributed by atoms with Crippen molar-refractivity contribution in [3.8, 4) is 11.4 Å². The molecule has 3 aromatic rings. The van der Waals surface area contributed by atoms with E-state index in [-0.39, 0.29) is 0 Å². The van der Waals surface area contributed by atoms with Gasteiger partial charge in [0.15, 0.2) is 0 Å². The third-order valence-electron chi connectivity index (χ3n) is 2.78. The van der Waals surface area contributed by atoms with E-state index in [9.17, 15) is 0 Å². The van der Waals surface area contributed by atoms with Crippen molar-refractivity contribution in [3.05, 3.63) is 36.5 Å². The van der Waals surface area contributed by atoms with E-state index in [1.165, 1.54) is 0 Å². The molecule has 2 aromatic heterocycles. The van der Waals surface area contributed by atoms with Gasteiger partial charge in [-0.15, -0.1) is 0 Å². The molecule has 0 aliphatic rings. The summed E-state index contributed by atoms with van der Waals surface area (Å²) in [6, 6.07) is 5.74. The minimum absolute atomic E-state index is 0.582. The molecule has 0 saturated carbocycles. The molecule has 3 rings (SSSR count). The second-order valence-corrected chi connectivity index (χ2v) is 4.13. The number of benzene rings is 1. The van der Waals surface area contributed by atoms with E-state index in [2.05, 4.69) is 25.4 Å². The topological polar surface area (TPSA) is 76.7 Å². The van der Waals surface area contributed by atoms with Crippen LogP contribution in [0.4, 0.5) is 0 Å². The zero-order chi connectivity index (χ0) is 13.1. The van der Waals surface area contributed by atoms with Gasteiger partial charge in [0.1, 0.15) is 0 Å². The molecule has 0 aliphatic heterocycles. The number of hydrogen-bond donors (Lipinski definition) is 1. The molecular formula is C13H13N5O. The molecule has 6 nitrogen and oxygen atoms in total. The Morgan fingerprint density at radius 1 is 1.16 bits per heavy atom. The van der Waals surface area contributed by atoms with E-state index >= 15 is 0 Å². The van der Waals surface area contributed by atoms with Gasteiger partial charge in [0, 0.05) is 30.9 Å². The van der Waals surface area contributed by atoms with E-state index in [0.717, 1.165) is 29.6 Å². The van der Waals surface area contributed by atoms with E-state index in [4.69, 9.17) is 4.52 Å². The van der Waals surface area contributed by atoms with Gasteiger partial charge >= 0.3 is 0 Å². The van der Waals surface area contributed by atoms with Gasteiger partial charge in [-0.3, -0.25) is 9.97 Å². The fourth-order valence-corrected chi connectivity index (χ4v) is 1.81. The smallest absolute Gasteiger partial charge is 0.228 e. The number of nitrogens with one attached hydrogen (secondary N) is 1. The summed E-state index contributed by atoms with van der Waals surface area (Å²) >= 11 is 0. The van der Waals surface area contributed by atoms with Gasteiger partial charge in [-0.1, -0.05) is 5.16 Å². The molecule has 1 aromatic carbocycles. The Labute approximate surface area is 109 Å². The summed E-state index contributed by atoms with van der Waals surface area (Å²) in [5, 5.41) is 7.03. The van der Waals surface area contributed by atoms with E-state index in [1.54, 1.807) is 12.4 Å². The third kappa shape index (κ3) is 2.43. The highest BCUT2D eigenvalue weighted by molar-refractivity contribution is 5.79. The Kier molecular flexibility index (Phi) is 3.16. The first-order valence-corrected chi connectivity index (χ1v) is 6.05. The number of nitrogens with zero attached hydrogens (tertiary/aromatic N) is 4. The Hall–Kier alpha value is -2.34. The lowest BCUT2D eigenvalue weighted by atomic mass is 10.2. The van der Waals surface area contributed by atoms with Crippen molar-refractivity contribution in [2.45, 2.75) is 6.42 Å². The maximum Gasteiger partial charge on any atom is 0.228 e. The Balaban J connectivity index is 1.92. The van der Waals surface area contributed by atoms with Crippen molar-refractivity contribution in [2.24, 2.45) is 0 Å². The molecule has 0 bridgehead atoms. The van der Waals surface area contributed by atoms with Crippen LogP contribution in [0.1, 0.15) is 5.89 Å². The van der Waals surface area contributed by atoms with Crippen LogP contribution >= 0.6 is 0 Å². The molecule has 2 heterocycles. The van der Waals surface area contributed by atoms with Crippen LogP contribution in [0.15, 0.2) is 35.1 Å². The molecule has 0 unspecified atom stereocenters. The Morgan fingerprint density at radius 3 is 2.84 bits per heavy atom. The van der Waals surface area contributed by atoms with Crippen LogP contribution in [0.2, 0.25) is 0 Å². The van der Waals surface area contributed by atoms with Crippen LogP contribution in [0, 0.1) is 0 Å². The molecule has 1 N–H and O–H groups in total. The molecule has 19 heavy (non-hydrogen) atoms. The standard InChI is InChI=1S/C13H13N5O/c1-14-5-4-12-17-13(18-19-12)9-2-3-10-11(8-9)16-7-6-15-10/h2-3,6-8,14H,4-5H2,1H3. The van der Waals surface area contributed by atoms with Gasteiger partial charge in [0.05, 0.1) is 11.0 Å². The summed E-state index contributed by atoms with van der Waals surface area (Å²) in [5.74, 6) is 1.21. The SMILES string of the molecule is CNCCc1nc(-c2ccc3nccnc3c2)no1. The zero-order valence-corrected chi connectivity index (χ0v) is 10.5. The summed E-state index contributed by atoms with van der Waals surface area (Å²) in [5.41, 5.74) is 2.55. The molecule has 96 valence electrons. The highest BCUT2D eigenvalue weighted by Crippen LogP contribution is 2.19. The Morgan fingerprint density at radius 2 is 2.00 bits per heavy atom. The number of hydrogen-bond acceptors (Lipinski definition) is 6. The van der Waals surface area contributed by atoms with Crippen LogP contribution in [-0.2, 0) is 6.42 Å². The maximum atomic E-state index is 5.20. The fourth-order valence-electron chi connectivity index (χ4n) is 1.81. The third-order valence-corrected chi connectivity index (χ3v) is 2.78. The average Bonchev–Trinajstić information content (AvgIpc) is 2.93. The summed E-state index contributed by atoms with van der Waals surface area (Å²) in [4.78, 5) is 12.9. The van der Waals surface area contributed by atoms with Crippen LogP contribution in [0.25, 0.3) is 22.4 Å². The molecule has 0 amide bonds. The summed E-state index contributed by atoms with van der Waals surface area (Å²) in [7, 11) is 1.89. The second-order valence-electron chi connectivity index (χ2n) is 4.13. The second kappa shape index (κ2) is 5.11. The molecule has 0 spiro atoms. The molecule has 0 saturated heterocycles. The summed E-state index contributed by atoms with van der Waals surface area (Å²) in [6.07, 6.45) is 4.06. The predicted octanol–water partition coefficient (Wildman–Crippen LogP) is 1.44. The lowest BCUT2D eigenvalue weighted by Gasteiger charge is -1.97. The number of aromatic nitrogens is 4. The lowest BCUT2D eigenvalue weighted by Crippen LogP contribution is -2.10. The number of fused-ring (bicyclic) bond motifs is 1. The molecule has 0 fully saturated rings. The van der Waals surface area contributed by atoms with Gasteiger partial charge in [-0.05, 0) is 25.2 Å². The van der Waals surface area contributed by atoms with Crippen molar-refractivity contribution in [1.82, 2.24) is 25.4 Å². The van der Waals surface area contributed by atoms with Crippen LogP contribution in [0.5, 0.6) is 0 Å². The highest BCUT2D eigenvalue weighted by Gasteiger charge is 2.09. The van der Waals surface area contributed by atoms with Crippen LogP contribution in [-0.4, -0.2) is 33.7 Å². The first-order valence-electron chi connectivity index (χ1n) is 6.05. The van der Waals surface area contributed by atoms with Crippen molar-refractivity contribution in [3.63, 3.8) is 0 Å². The normalized spacial score (nSPS) is 11.0. The minimum Gasteiger partial charge on any atom is -0.339 e. The summed E-state index contributed by atoms with van der Waals surface area (Å²) in [6.45, 7) is 0.810. The van der Waals surface area contributed by atoms with E-state index < -0.39 is 0 Å². The highest BCUT2D eigenvalue weighted by atomic mass is 16.5. The van der Waals surface area contributed by atoms with Gasteiger partial charge in [0.2, 0.25) is 11.7 Å². The van der Waals surface area contributed by atoms with Crippen molar-refractivity contribution >= 4 is 11.0 Å². The van der Waals surface area contributed by atoms with Gasteiger partial charge in [0.25, 0.3) is 0 Å². The van der Waals surface area contributed by atoms with Gasteiger partial charge in [-0.25, -0.2) is 0 Å². The first kappa shape index (κ1) is 11.7. The molecule has 0 radical (unpaired) electrons. The average molecular weight is 255 g/mol. The van der Waals surface area contributed by atoms with E-state index in [0.29, 0.717) is 11.7 Å². The molecular weight excluding hydrogens is 242 g/mol. The quantitative estimate of drug-likeness (QED) is 0.760. The first-order chi connectivity index (χ1) is 9.36. The van der Waals surface area contributed by atoms with Crippen molar-refractivity contribution < 1.29 is 4.52 Å². The maximum absolute atomic E-state index is 5.20. The predicted molar refractivity (Wildman–Crippen MR) is 70.5 cm³/mol. The van der Waals surface area contributed by atoms with Gasteiger partial charge < -0.3 is 9.84 Å². The van der Waals surface area contributed by atoms with Crippen molar-refractivity contribution in [2.75, 3.05) is 13.6 Å². The van der Waals surface area contributed by atoms with E-state index in [1.807, 2.05) is 25.2 Å². The fraction of sp³-hybridized carbons (Fsp3) is 0.231. The largest absolute Gasteiger partial charge is 0.339 e. The van der Waals surface area contributed by atoms with Crippen LogP contribution < -0.4 is 5.32 Å². The lowest BCUT2D eigenvalue weighted by molar-refractivity contribution is 0.377. The molecule has 0 aliphatic carbocycles. The number of likely N-dealkylation sites (N-methyl/N-ethyl adjacent to an activating group) is 1. The molecule has 0 atom stereocenters. The van der Waals surface area contributed by atoms with Crippen LogP contribution in [0.3, 0.4) is 0 Å². The molecule has 6 heteroatoms. The van der Waals surface area contributed by atoms with Gasteiger partial charge in [-0.2, -0.15) is 4.98 Å². The number of rotatable bonds is 4. The summed E-state index contributed by atoms with van der Waals surface area (Å²) < 4.78 is 5.20. The van der Waals surface area contributed by atoms with Crippen molar-refractivity contribution in [1.29, 1.82) is 0 Å².